The van der Waals surface area contributed by atoms with Gasteiger partial charge in [0.05, 0.1) is 32.9 Å². The van der Waals surface area contributed by atoms with Gasteiger partial charge in [-0.05, 0) is 35.4 Å². The Morgan fingerprint density at radius 2 is 1.77 bits per heavy atom. The molecule has 0 unspecified atom stereocenters. The summed E-state index contributed by atoms with van der Waals surface area (Å²) in [7, 11) is 3.15. The molecule has 0 atom stereocenters. The highest BCUT2D eigenvalue weighted by atomic mass is 16.5. The predicted octanol–water partition coefficient (Wildman–Crippen LogP) is 3.48. The fraction of sp³-hybridized carbons (Fsp3) is 0.348. The van der Waals surface area contributed by atoms with E-state index < -0.39 is 0 Å². The average Bonchev–Trinajstić information content (AvgIpc) is 3.24. The van der Waals surface area contributed by atoms with E-state index in [1.165, 1.54) is 5.01 Å². The molecule has 7 nitrogen and oxygen atoms in total. The molecule has 1 aliphatic rings. The number of rotatable bonds is 7. The molecule has 158 valence electrons. The van der Waals surface area contributed by atoms with E-state index in [2.05, 4.69) is 10.4 Å². The summed E-state index contributed by atoms with van der Waals surface area (Å²) < 4.78 is 10.5. The number of hydrazone groups is 1. The lowest BCUT2D eigenvalue weighted by Gasteiger charge is -2.13. The van der Waals surface area contributed by atoms with Gasteiger partial charge in [-0.2, -0.15) is 5.10 Å². The van der Waals surface area contributed by atoms with Crippen LogP contribution in [0, 0.1) is 5.92 Å². The molecule has 0 fully saturated rings. The Kier molecular flexibility index (Phi) is 6.72. The average molecular weight is 409 g/mol. The van der Waals surface area contributed by atoms with Crippen molar-refractivity contribution in [1.82, 2.24) is 5.01 Å². The maximum absolute atomic E-state index is 12.7. The molecule has 30 heavy (non-hydrogen) atoms. The van der Waals surface area contributed by atoms with Crippen molar-refractivity contribution in [3.8, 4) is 11.5 Å². The lowest BCUT2D eigenvalue weighted by atomic mass is 10.1. The second-order valence-corrected chi connectivity index (χ2v) is 7.40. The number of benzene rings is 2. The van der Waals surface area contributed by atoms with Crippen LogP contribution in [0.25, 0.3) is 0 Å². The normalized spacial score (nSPS) is 13.2. The number of amides is 2. The van der Waals surface area contributed by atoms with Crippen molar-refractivity contribution in [2.75, 3.05) is 26.1 Å². The largest absolute Gasteiger partial charge is 0.493 e. The quantitative estimate of drug-likeness (QED) is 0.759. The Morgan fingerprint density at radius 1 is 1.07 bits per heavy atom. The molecule has 1 N–H and O–H groups in total. The number of anilines is 1. The molecule has 3 rings (SSSR count). The van der Waals surface area contributed by atoms with E-state index >= 15 is 0 Å². The van der Waals surface area contributed by atoms with Gasteiger partial charge in [0.15, 0.2) is 11.5 Å². The first-order valence-corrected chi connectivity index (χ1v) is 9.91. The van der Waals surface area contributed by atoms with Crippen molar-refractivity contribution < 1.29 is 19.1 Å². The number of carbonyl (C=O) groups excluding carboxylic acids is 2. The number of nitrogens with zero attached hydrogens (tertiary/aromatic N) is 2. The number of methoxy groups -OCH3 is 2. The molecule has 2 aromatic carbocycles. The summed E-state index contributed by atoms with van der Waals surface area (Å²) in [5, 5.41) is 8.89. The van der Waals surface area contributed by atoms with Crippen LogP contribution < -0.4 is 14.8 Å². The molecule has 0 saturated heterocycles. The minimum atomic E-state index is -0.0749. The molecule has 0 aromatic heterocycles. The zero-order valence-electron chi connectivity index (χ0n) is 17.8. The topological polar surface area (TPSA) is 80.2 Å². The molecule has 0 saturated carbocycles. The van der Waals surface area contributed by atoms with E-state index in [1.54, 1.807) is 20.3 Å². The maximum Gasteiger partial charge on any atom is 0.247 e. The van der Waals surface area contributed by atoms with Crippen LogP contribution in [0.5, 0.6) is 11.5 Å². The molecule has 0 radical (unpaired) electrons. The fourth-order valence-electron chi connectivity index (χ4n) is 3.13. The van der Waals surface area contributed by atoms with Crippen molar-refractivity contribution in [2.45, 2.75) is 26.7 Å². The summed E-state index contributed by atoms with van der Waals surface area (Å²) >= 11 is 0. The molecular formula is C23H27N3O4. The van der Waals surface area contributed by atoms with Crippen molar-refractivity contribution in [3.05, 3.63) is 53.6 Å². The van der Waals surface area contributed by atoms with Crippen LogP contribution in [0.1, 0.15) is 31.4 Å². The molecule has 7 heteroatoms. The van der Waals surface area contributed by atoms with Gasteiger partial charge in [-0.25, -0.2) is 5.01 Å². The first-order chi connectivity index (χ1) is 14.4. The third-order valence-corrected chi connectivity index (χ3v) is 4.90. The van der Waals surface area contributed by atoms with Gasteiger partial charge >= 0.3 is 0 Å². The number of ether oxygens (including phenoxy) is 2. The van der Waals surface area contributed by atoms with Crippen molar-refractivity contribution >= 4 is 23.2 Å². The number of hydrogen-bond donors (Lipinski definition) is 1. The van der Waals surface area contributed by atoms with Crippen LogP contribution >= 0.6 is 0 Å². The van der Waals surface area contributed by atoms with Crippen LogP contribution in [0.4, 0.5) is 5.69 Å². The summed E-state index contributed by atoms with van der Waals surface area (Å²) in [6.07, 6.45) is 0.923. The third kappa shape index (κ3) is 4.97. The Labute approximate surface area is 176 Å². The summed E-state index contributed by atoms with van der Waals surface area (Å²) in [5.74, 6) is 1.06. The predicted molar refractivity (Wildman–Crippen MR) is 116 cm³/mol. The molecule has 2 aromatic rings. The lowest BCUT2D eigenvalue weighted by Crippen LogP contribution is -2.25. The van der Waals surface area contributed by atoms with Crippen LogP contribution in [0.3, 0.4) is 0 Å². The molecule has 0 aliphatic carbocycles. The van der Waals surface area contributed by atoms with Gasteiger partial charge in [0.1, 0.15) is 0 Å². The van der Waals surface area contributed by atoms with Gasteiger partial charge in [-0.3, -0.25) is 9.59 Å². The minimum absolute atomic E-state index is 0.0205. The van der Waals surface area contributed by atoms with E-state index in [9.17, 15) is 9.59 Å². The zero-order valence-corrected chi connectivity index (χ0v) is 17.8. The smallest absolute Gasteiger partial charge is 0.247 e. The van der Waals surface area contributed by atoms with Crippen LogP contribution in [-0.2, 0) is 16.0 Å². The minimum Gasteiger partial charge on any atom is -0.493 e. The maximum atomic E-state index is 12.7. The fourth-order valence-corrected chi connectivity index (χ4v) is 3.13. The second-order valence-electron chi connectivity index (χ2n) is 7.40. The van der Waals surface area contributed by atoms with Crippen molar-refractivity contribution in [1.29, 1.82) is 0 Å². The summed E-state index contributed by atoms with van der Waals surface area (Å²) in [6, 6.07) is 13.0. The van der Waals surface area contributed by atoms with Crippen LogP contribution in [-0.4, -0.2) is 43.3 Å². The van der Waals surface area contributed by atoms with Crippen LogP contribution in [0.15, 0.2) is 47.6 Å². The molecular weight excluding hydrogens is 382 g/mol. The number of carbonyl (C=O) groups is 2. The van der Waals surface area contributed by atoms with Crippen molar-refractivity contribution in [3.63, 3.8) is 0 Å². The molecule has 1 heterocycles. The highest BCUT2D eigenvalue weighted by molar-refractivity contribution is 6.03. The zero-order chi connectivity index (χ0) is 21.7. The second kappa shape index (κ2) is 9.43. The standard InChI is InChI=1S/C23H27N3O4/c1-15(2)23(28)24-18-8-6-17(7-9-18)19-11-12-26(25-19)22(27)14-16-5-10-20(29-3)21(13-16)30-4/h5-10,13,15H,11-12,14H2,1-4H3,(H,24,28). The number of nitrogens with one attached hydrogen (secondary N) is 1. The van der Waals surface area contributed by atoms with E-state index in [-0.39, 0.29) is 24.2 Å². The summed E-state index contributed by atoms with van der Waals surface area (Å²) in [4.78, 5) is 24.5. The Morgan fingerprint density at radius 3 is 2.40 bits per heavy atom. The first-order valence-electron chi connectivity index (χ1n) is 9.91. The Hall–Kier alpha value is -3.35. The highest BCUT2D eigenvalue weighted by Gasteiger charge is 2.22. The molecule has 0 spiro atoms. The SMILES string of the molecule is COc1ccc(CC(=O)N2CCC(c3ccc(NC(=O)C(C)C)cc3)=N2)cc1OC. The molecule has 2 amide bonds. The Balaban J connectivity index is 1.65. The van der Waals surface area contributed by atoms with Gasteiger partial charge in [-0.1, -0.05) is 32.0 Å². The van der Waals surface area contributed by atoms with Gasteiger partial charge in [0, 0.05) is 18.0 Å². The highest BCUT2D eigenvalue weighted by Crippen LogP contribution is 2.28. The summed E-state index contributed by atoms with van der Waals surface area (Å²) in [6.45, 7) is 4.25. The summed E-state index contributed by atoms with van der Waals surface area (Å²) in [5.41, 5.74) is 3.39. The third-order valence-electron chi connectivity index (χ3n) is 4.90. The Bertz CT molecular complexity index is 951. The first kappa shape index (κ1) is 21.4. The van der Waals surface area contributed by atoms with Gasteiger partial charge in [0.25, 0.3) is 0 Å². The van der Waals surface area contributed by atoms with Crippen molar-refractivity contribution in [2.24, 2.45) is 11.0 Å². The van der Waals surface area contributed by atoms with Gasteiger partial charge in [-0.15, -0.1) is 0 Å². The van der Waals surface area contributed by atoms with Gasteiger partial charge in [0.2, 0.25) is 11.8 Å². The van der Waals surface area contributed by atoms with Gasteiger partial charge < -0.3 is 14.8 Å². The van der Waals surface area contributed by atoms with E-state index in [4.69, 9.17) is 9.47 Å². The van der Waals surface area contributed by atoms with E-state index in [1.807, 2.05) is 50.2 Å². The van der Waals surface area contributed by atoms with Crippen LogP contribution in [0.2, 0.25) is 0 Å². The number of hydrogen-bond acceptors (Lipinski definition) is 5. The van der Waals surface area contributed by atoms with E-state index in [0.29, 0.717) is 24.5 Å². The van der Waals surface area contributed by atoms with E-state index in [0.717, 1.165) is 22.5 Å². The lowest BCUT2D eigenvalue weighted by molar-refractivity contribution is -0.130. The monoisotopic (exact) mass is 409 g/mol. The molecule has 0 bridgehead atoms. The molecule has 1 aliphatic heterocycles.